The molecule has 0 saturated heterocycles. The van der Waals surface area contributed by atoms with Crippen LogP contribution in [0.5, 0.6) is 0 Å². The van der Waals surface area contributed by atoms with Gasteiger partial charge in [0.15, 0.2) is 5.78 Å². The standard InChI is InChI=1S/C16H20N2OS/c1-4-14-8-9-16(20-14)15(19)11-18(3)10-13-7-5-6-12(2)17-13/h5-9H,4,10-11H2,1-3H3. The van der Waals surface area contributed by atoms with Crippen LogP contribution in [0, 0.1) is 6.92 Å². The third-order valence-corrected chi connectivity index (χ3v) is 4.35. The first-order chi connectivity index (χ1) is 9.58. The number of carbonyl (C=O) groups excluding carboxylic acids is 1. The van der Waals surface area contributed by atoms with Crippen LogP contribution < -0.4 is 0 Å². The smallest absolute Gasteiger partial charge is 0.186 e. The average Bonchev–Trinajstić information content (AvgIpc) is 2.87. The second-order valence-electron chi connectivity index (χ2n) is 4.99. The zero-order chi connectivity index (χ0) is 14.5. The Hall–Kier alpha value is -1.52. The molecule has 106 valence electrons. The number of nitrogens with zero attached hydrogens (tertiary/aromatic N) is 2. The lowest BCUT2D eigenvalue weighted by molar-refractivity contribution is 0.0946. The van der Waals surface area contributed by atoms with Gasteiger partial charge in [0, 0.05) is 17.1 Å². The Morgan fingerprint density at radius 1 is 1.30 bits per heavy atom. The number of aryl methyl sites for hydroxylation is 2. The fourth-order valence-electron chi connectivity index (χ4n) is 2.06. The molecule has 2 aromatic rings. The number of thiophene rings is 1. The quantitative estimate of drug-likeness (QED) is 0.764. The van der Waals surface area contributed by atoms with Gasteiger partial charge in [-0.1, -0.05) is 13.0 Å². The van der Waals surface area contributed by atoms with Crippen molar-refractivity contribution in [3.05, 3.63) is 51.5 Å². The summed E-state index contributed by atoms with van der Waals surface area (Å²) in [5, 5.41) is 0. The molecule has 2 aromatic heterocycles. The molecule has 2 rings (SSSR count). The predicted octanol–water partition coefficient (Wildman–Crippen LogP) is 3.33. The van der Waals surface area contributed by atoms with Crippen molar-refractivity contribution in [3.8, 4) is 0 Å². The van der Waals surface area contributed by atoms with E-state index in [1.807, 2.05) is 49.2 Å². The Balaban J connectivity index is 1.94. The van der Waals surface area contributed by atoms with Crippen LogP contribution in [0.15, 0.2) is 30.3 Å². The van der Waals surface area contributed by atoms with Crippen molar-refractivity contribution in [2.24, 2.45) is 0 Å². The Kier molecular flexibility index (Phi) is 5.04. The SMILES string of the molecule is CCc1ccc(C(=O)CN(C)Cc2cccc(C)n2)s1. The van der Waals surface area contributed by atoms with E-state index in [1.165, 1.54) is 4.88 Å². The molecule has 0 aliphatic rings. The summed E-state index contributed by atoms with van der Waals surface area (Å²) in [7, 11) is 1.95. The summed E-state index contributed by atoms with van der Waals surface area (Å²) in [6.07, 6.45) is 0.987. The molecule has 0 aliphatic carbocycles. The summed E-state index contributed by atoms with van der Waals surface area (Å²) in [5.74, 6) is 0.185. The van der Waals surface area contributed by atoms with Gasteiger partial charge in [0.2, 0.25) is 0 Å². The molecule has 0 saturated carbocycles. The fraction of sp³-hybridized carbons (Fsp3) is 0.375. The lowest BCUT2D eigenvalue weighted by Crippen LogP contribution is -2.25. The highest BCUT2D eigenvalue weighted by molar-refractivity contribution is 7.14. The number of pyridine rings is 1. The van der Waals surface area contributed by atoms with Gasteiger partial charge in [-0.3, -0.25) is 14.7 Å². The van der Waals surface area contributed by atoms with Gasteiger partial charge in [0.25, 0.3) is 0 Å². The molecule has 0 unspecified atom stereocenters. The molecule has 0 radical (unpaired) electrons. The van der Waals surface area contributed by atoms with Crippen LogP contribution in [0.4, 0.5) is 0 Å². The van der Waals surface area contributed by atoms with E-state index < -0.39 is 0 Å². The molecule has 20 heavy (non-hydrogen) atoms. The van der Waals surface area contributed by atoms with E-state index in [0.29, 0.717) is 13.1 Å². The van der Waals surface area contributed by atoms with Gasteiger partial charge in [0.1, 0.15) is 0 Å². The van der Waals surface area contributed by atoms with Crippen LogP contribution in [0.2, 0.25) is 0 Å². The Bertz CT molecular complexity index is 592. The average molecular weight is 288 g/mol. The van der Waals surface area contributed by atoms with Crippen LogP contribution >= 0.6 is 11.3 Å². The summed E-state index contributed by atoms with van der Waals surface area (Å²) in [4.78, 5) is 20.8. The van der Waals surface area contributed by atoms with E-state index in [0.717, 1.165) is 22.7 Å². The van der Waals surface area contributed by atoms with E-state index in [-0.39, 0.29) is 5.78 Å². The van der Waals surface area contributed by atoms with E-state index in [4.69, 9.17) is 0 Å². The Labute approximate surface area is 124 Å². The highest BCUT2D eigenvalue weighted by atomic mass is 32.1. The Morgan fingerprint density at radius 2 is 2.10 bits per heavy atom. The van der Waals surface area contributed by atoms with E-state index >= 15 is 0 Å². The highest BCUT2D eigenvalue weighted by Gasteiger charge is 2.12. The zero-order valence-corrected chi connectivity index (χ0v) is 13.0. The van der Waals surface area contributed by atoms with Crippen LogP contribution in [-0.2, 0) is 13.0 Å². The van der Waals surface area contributed by atoms with Gasteiger partial charge in [-0.25, -0.2) is 0 Å². The number of hydrogen-bond donors (Lipinski definition) is 0. The van der Waals surface area contributed by atoms with Crippen molar-refractivity contribution in [2.45, 2.75) is 26.8 Å². The molecule has 0 spiro atoms. The lowest BCUT2D eigenvalue weighted by Gasteiger charge is -2.14. The predicted molar refractivity (Wildman–Crippen MR) is 83.3 cm³/mol. The van der Waals surface area contributed by atoms with Gasteiger partial charge < -0.3 is 0 Å². The fourth-order valence-corrected chi connectivity index (χ4v) is 2.94. The van der Waals surface area contributed by atoms with Crippen molar-refractivity contribution in [2.75, 3.05) is 13.6 Å². The molecule has 0 aliphatic heterocycles. The molecule has 0 N–H and O–H groups in total. The van der Waals surface area contributed by atoms with Crippen molar-refractivity contribution in [1.82, 2.24) is 9.88 Å². The summed E-state index contributed by atoms with van der Waals surface area (Å²) in [6, 6.07) is 9.95. The molecule has 0 fully saturated rings. The monoisotopic (exact) mass is 288 g/mol. The van der Waals surface area contributed by atoms with Crippen LogP contribution in [0.3, 0.4) is 0 Å². The van der Waals surface area contributed by atoms with Crippen LogP contribution in [0.25, 0.3) is 0 Å². The van der Waals surface area contributed by atoms with Crippen molar-refractivity contribution in [1.29, 1.82) is 0 Å². The molecule has 4 heteroatoms. The number of likely N-dealkylation sites (N-methyl/N-ethyl adjacent to an activating group) is 1. The molecule has 0 amide bonds. The van der Waals surface area contributed by atoms with Crippen molar-refractivity contribution >= 4 is 17.1 Å². The summed E-state index contributed by atoms with van der Waals surface area (Å²) in [6.45, 7) is 5.21. The first-order valence-corrected chi connectivity index (χ1v) is 7.63. The maximum atomic E-state index is 12.2. The molecule has 3 nitrogen and oxygen atoms in total. The molecule has 2 heterocycles. The van der Waals surface area contributed by atoms with Gasteiger partial charge in [-0.05, 0) is 44.7 Å². The number of Topliss-reactive ketones (excluding diaryl/α,β-unsaturated/α-hetero) is 1. The normalized spacial score (nSPS) is 11.0. The number of hydrogen-bond acceptors (Lipinski definition) is 4. The Morgan fingerprint density at radius 3 is 2.75 bits per heavy atom. The van der Waals surface area contributed by atoms with Crippen LogP contribution in [-0.4, -0.2) is 29.3 Å². The van der Waals surface area contributed by atoms with E-state index in [1.54, 1.807) is 11.3 Å². The van der Waals surface area contributed by atoms with Crippen LogP contribution in [0.1, 0.15) is 32.9 Å². The third kappa shape index (κ3) is 3.99. The van der Waals surface area contributed by atoms with E-state index in [2.05, 4.69) is 11.9 Å². The zero-order valence-electron chi connectivity index (χ0n) is 12.2. The van der Waals surface area contributed by atoms with E-state index in [9.17, 15) is 4.79 Å². The van der Waals surface area contributed by atoms with Gasteiger partial charge >= 0.3 is 0 Å². The third-order valence-electron chi connectivity index (χ3n) is 3.08. The summed E-state index contributed by atoms with van der Waals surface area (Å²) >= 11 is 1.60. The number of ketones is 1. The van der Waals surface area contributed by atoms with Gasteiger partial charge in [-0.2, -0.15) is 0 Å². The van der Waals surface area contributed by atoms with Gasteiger partial charge in [-0.15, -0.1) is 11.3 Å². The second kappa shape index (κ2) is 6.77. The minimum atomic E-state index is 0.185. The second-order valence-corrected chi connectivity index (χ2v) is 6.15. The molecule has 0 bridgehead atoms. The summed E-state index contributed by atoms with van der Waals surface area (Å²) in [5.41, 5.74) is 2.01. The lowest BCUT2D eigenvalue weighted by atomic mass is 10.2. The molecular weight excluding hydrogens is 268 g/mol. The molecule has 0 atom stereocenters. The highest BCUT2D eigenvalue weighted by Crippen LogP contribution is 2.17. The van der Waals surface area contributed by atoms with Gasteiger partial charge in [0.05, 0.1) is 17.1 Å². The molecule has 0 aromatic carbocycles. The largest absolute Gasteiger partial charge is 0.293 e. The maximum Gasteiger partial charge on any atom is 0.186 e. The first-order valence-electron chi connectivity index (χ1n) is 6.81. The minimum Gasteiger partial charge on any atom is -0.293 e. The minimum absolute atomic E-state index is 0.185. The maximum absolute atomic E-state index is 12.2. The molecular formula is C16H20N2OS. The number of carbonyl (C=O) groups is 1. The number of aromatic nitrogens is 1. The topological polar surface area (TPSA) is 33.2 Å². The first kappa shape index (κ1) is 14.9. The van der Waals surface area contributed by atoms with Crippen molar-refractivity contribution in [3.63, 3.8) is 0 Å². The summed E-state index contributed by atoms with van der Waals surface area (Å²) < 4.78 is 0. The van der Waals surface area contributed by atoms with Crippen molar-refractivity contribution < 1.29 is 4.79 Å². The number of rotatable bonds is 6.